The summed E-state index contributed by atoms with van der Waals surface area (Å²) in [5.41, 5.74) is 2.07. The van der Waals surface area contributed by atoms with Gasteiger partial charge < -0.3 is 5.73 Å². The van der Waals surface area contributed by atoms with E-state index < -0.39 is 58.8 Å². The lowest BCUT2D eigenvalue weighted by atomic mass is 9.89. The predicted molar refractivity (Wildman–Crippen MR) is 78.1 cm³/mol. The lowest BCUT2D eigenvalue weighted by Crippen LogP contribution is -2.27. The van der Waals surface area contributed by atoms with Crippen LogP contribution in [0.2, 0.25) is 0 Å². The van der Waals surface area contributed by atoms with Crippen molar-refractivity contribution < 1.29 is 35.5 Å². The maximum Gasteiger partial charge on any atom is 0.422 e. The number of amides is 1. The first-order valence-electron chi connectivity index (χ1n) is 7.23. The highest BCUT2D eigenvalue weighted by Gasteiger charge is 2.43. The molecule has 0 radical (unpaired) electrons. The summed E-state index contributed by atoms with van der Waals surface area (Å²) >= 11 is 0. The van der Waals surface area contributed by atoms with Gasteiger partial charge >= 0.3 is 6.18 Å². The molecular weight excluding hydrogens is 367 g/mol. The standard InChI is InChI=1S/C17H12F7NO/c1-7-2-4-8(5-3-7)6-9(16(25)26)10-12(18)14(20)11(17(22,23)24)15(21)13(10)19/h2-5,9H,6H2,1H3,(H2,25,26). The maximum atomic E-state index is 14.1. The fourth-order valence-electron chi connectivity index (χ4n) is 2.51. The molecule has 2 rings (SSSR count). The van der Waals surface area contributed by atoms with E-state index in [0.29, 0.717) is 5.56 Å². The molecule has 1 amide bonds. The third-order valence-corrected chi connectivity index (χ3v) is 3.83. The van der Waals surface area contributed by atoms with Crippen LogP contribution in [0, 0.1) is 30.2 Å². The Bertz CT molecular complexity index is 815. The molecule has 0 aromatic heterocycles. The highest BCUT2D eigenvalue weighted by molar-refractivity contribution is 5.82. The second-order valence-electron chi connectivity index (χ2n) is 5.69. The van der Waals surface area contributed by atoms with Crippen LogP contribution in [-0.2, 0) is 17.4 Å². The number of benzene rings is 2. The van der Waals surface area contributed by atoms with Crippen molar-refractivity contribution in [2.45, 2.75) is 25.4 Å². The zero-order valence-corrected chi connectivity index (χ0v) is 13.2. The van der Waals surface area contributed by atoms with Gasteiger partial charge in [-0.3, -0.25) is 4.79 Å². The highest BCUT2D eigenvalue weighted by atomic mass is 19.4. The van der Waals surface area contributed by atoms with Crippen LogP contribution in [0.25, 0.3) is 0 Å². The van der Waals surface area contributed by atoms with Crippen molar-refractivity contribution in [3.63, 3.8) is 0 Å². The van der Waals surface area contributed by atoms with Crippen molar-refractivity contribution in [1.29, 1.82) is 0 Å². The summed E-state index contributed by atoms with van der Waals surface area (Å²) in [4.78, 5) is 11.6. The summed E-state index contributed by atoms with van der Waals surface area (Å²) in [5.74, 6) is -13.1. The van der Waals surface area contributed by atoms with Crippen molar-refractivity contribution in [3.8, 4) is 0 Å². The molecule has 0 fully saturated rings. The Morgan fingerprint density at radius 1 is 0.962 bits per heavy atom. The van der Waals surface area contributed by atoms with Gasteiger partial charge in [0.15, 0.2) is 23.3 Å². The van der Waals surface area contributed by atoms with Gasteiger partial charge in [-0.1, -0.05) is 29.8 Å². The summed E-state index contributed by atoms with van der Waals surface area (Å²) in [6.07, 6.45) is -6.11. The number of alkyl halides is 3. The Balaban J connectivity index is 2.63. The number of primary amides is 1. The number of hydrogen-bond donors (Lipinski definition) is 1. The van der Waals surface area contributed by atoms with Crippen LogP contribution in [0.4, 0.5) is 30.7 Å². The summed E-state index contributed by atoms with van der Waals surface area (Å²) in [5, 5.41) is 0. The number of hydrogen-bond acceptors (Lipinski definition) is 1. The molecule has 2 aromatic carbocycles. The van der Waals surface area contributed by atoms with Gasteiger partial charge in [0, 0.05) is 5.56 Å². The van der Waals surface area contributed by atoms with E-state index in [1.807, 2.05) is 0 Å². The monoisotopic (exact) mass is 379 g/mol. The number of carbonyl (C=O) groups excluding carboxylic acids is 1. The molecule has 26 heavy (non-hydrogen) atoms. The quantitative estimate of drug-likeness (QED) is 0.622. The fourth-order valence-corrected chi connectivity index (χ4v) is 2.51. The smallest absolute Gasteiger partial charge is 0.369 e. The van der Waals surface area contributed by atoms with E-state index in [1.54, 1.807) is 19.1 Å². The SMILES string of the molecule is Cc1ccc(CC(C(N)=O)c2c(F)c(F)c(C(F)(F)F)c(F)c2F)cc1. The van der Waals surface area contributed by atoms with E-state index in [4.69, 9.17) is 5.73 Å². The number of aryl methyl sites for hydroxylation is 1. The first-order chi connectivity index (χ1) is 11.9. The first kappa shape index (κ1) is 19.7. The second-order valence-corrected chi connectivity index (χ2v) is 5.69. The van der Waals surface area contributed by atoms with Crippen LogP contribution in [0.1, 0.15) is 28.2 Å². The van der Waals surface area contributed by atoms with Crippen molar-refractivity contribution in [1.82, 2.24) is 0 Å². The highest BCUT2D eigenvalue weighted by Crippen LogP contribution is 2.39. The van der Waals surface area contributed by atoms with Crippen LogP contribution in [-0.4, -0.2) is 5.91 Å². The van der Waals surface area contributed by atoms with E-state index in [9.17, 15) is 35.5 Å². The Labute approximate surface area is 143 Å². The zero-order valence-electron chi connectivity index (χ0n) is 13.2. The Hall–Kier alpha value is -2.58. The van der Waals surface area contributed by atoms with Crippen LogP contribution in [0.5, 0.6) is 0 Å². The molecule has 2 aromatic rings. The van der Waals surface area contributed by atoms with E-state index in [1.165, 1.54) is 12.1 Å². The molecule has 0 aliphatic heterocycles. The number of rotatable bonds is 4. The van der Waals surface area contributed by atoms with Gasteiger partial charge in [0.05, 0.1) is 5.92 Å². The molecule has 1 unspecified atom stereocenters. The zero-order chi connectivity index (χ0) is 19.8. The molecule has 140 valence electrons. The van der Waals surface area contributed by atoms with Crippen molar-refractivity contribution in [3.05, 3.63) is 69.8 Å². The van der Waals surface area contributed by atoms with Crippen LogP contribution in [0.3, 0.4) is 0 Å². The fraction of sp³-hybridized carbons (Fsp3) is 0.235. The normalized spacial score (nSPS) is 12.9. The van der Waals surface area contributed by atoms with Crippen molar-refractivity contribution >= 4 is 5.91 Å². The van der Waals surface area contributed by atoms with Gasteiger partial charge in [0.1, 0.15) is 5.56 Å². The Kier molecular flexibility index (Phi) is 5.29. The predicted octanol–water partition coefficient (Wildman–Crippen LogP) is 4.38. The van der Waals surface area contributed by atoms with Crippen LogP contribution < -0.4 is 5.73 Å². The largest absolute Gasteiger partial charge is 0.422 e. The summed E-state index contributed by atoms with van der Waals surface area (Å²) in [6, 6.07) is 6.18. The number of nitrogens with two attached hydrogens (primary N) is 1. The minimum Gasteiger partial charge on any atom is -0.369 e. The van der Waals surface area contributed by atoms with Gasteiger partial charge in [-0.25, -0.2) is 17.6 Å². The molecule has 2 N–H and O–H groups in total. The van der Waals surface area contributed by atoms with Crippen LogP contribution >= 0.6 is 0 Å². The average molecular weight is 379 g/mol. The minimum atomic E-state index is -5.66. The lowest BCUT2D eigenvalue weighted by molar-refractivity contribution is -0.143. The van der Waals surface area contributed by atoms with Crippen molar-refractivity contribution in [2.24, 2.45) is 5.73 Å². The molecule has 2 nitrogen and oxygen atoms in total. The molecule has 0 saturated carbocycles. The van der Waals surface area contributed by atoms with Gasteiger partial charge in [-0.05, 0) is 18.9 Å². The molecule has 9 heteroatoms. The Morgan fingerprint density at radius 3 is 1.81 bits per heavy atom. The minimum absolute atomic E-state index is 0.346. The summed E-state index contributed by atoms with van der Waals surface area (Å²) in [7, 11) is 0. The van der Waals surface area contributed by atoms with E-state index in [-0.39, 0.29) is 0 Å². The van der Waals surface area contributed by atoms with Gasteiger partial charge in [0.25, 0.3) is 0 Å². The lowest BCUT2D eigenvalue weighted by Gasteiger charge is -2.19. The molecule has 0 saturated heterocycles. The molecule has 0 bridgehead atoms. The number of halogens is 7. The molecule has 1 atom stereocenters. The molecule has 0 aliphatic carbocycles. The third-order valence-electron chi connectivity index (χ3n) is 3.83. The maximum absolute atomic E-state index is 14.1. The van der Waals surface area contributed by atoms with E-state index in [0.717, 1.165) is 5.56 Å². The second kappa shape index (κ2) is 6.97. The molecule has 0 heterocycles. The van der Waals surface area contributed by atoms with Gasteiger partial charge in [-0.15, -0.1) is 0 Å². The Morgan fingerprint density at radius 2 is 1.42 bits per heavy atom. The summed E-state index contributed by atoms with van der Waals surface area (Å²) in [6.45, 7) is 1.75. The van der Waals surface area contributed by atoms with Gasteiger partial charge in [0.2, 0.25) is 5.91 Å². The first-order valence-corrected chi connectivity index (χ1v) is 7.23. The average Bonchev–Trinajstić information content (AvgIpc) is 2.52. The topological polar surface area (TPSA) is 43.1 Å². The molecule has 0 aliphatic rings. The van der Waals surface area contributed by atoms with Crippen LogP contribution in [0.15, 0.2) is 24.3 Å². The summed E-state index contributed by atoms with van der Waals surface area (Å²) < 4.78 is 93.7. The van der Waals surface area contributed by atoms with Gasteiger partial charge in [-0.2, -0.15) is 13.2 Å². The molecule has 0 spiro atoms. The third kappa shape index (κ3) is 3.66. The van der Waals surface area contributed by atoms with E-state index in [2.05, 4.69) is 0 Å². The van der Waals surface area contributed by atoms with E-state index >= 15 is 0 Å². The number of carbonyl (C=O) groups is 1. The molecular formula is C17H12F7NO. The van der Waals surface area contributed by atoms with Crippen molar-refractivity contribution in [2.75, 3.05) is 0 Å².